The summed E-state index contributed by atoms with van der Waals surface area (Å²) in [5, 5.41) is 3.18. The van der Waals surface area contributed by atoms with E-state index in [2.05, 4.69) is 10.3 Å². The number of carbonyl (C=O) groups excluding carboxylic acids is 2. The summed E-state index contributed by atoms with van der Waals surface area (Å²) in [5.41, 5.74) is 1.97. The highest BCUT2D eigenvalue weighted by Gasteiger charge is 2.22. The fourth-order valence-electron chi connectivity index (χ4n) is 2.75. The summed E-state index contributed by atoms with van der Waals surface area (Å²) in [5.74, 6) is -0.874. The standard InChI is InChI=1S/C19H19N3O4S/c1-4-26-19(25)17-11(2)12(3)27-18(17)21-15(23)10-22-14-8-6-5-7-13(14)20-9-16(22)24/h5-9H,4,10H2,1-3H3,(H,21,23). The monoisotopic (exact) mass is 385 g/mol. The Morgan fingerprint density at radius 2 is 2.00 bits per heavy atom. The molecule has 3 aromatic rings. The van der Waals surface area contributed by atoms with Gasteiger partial charge in [0.05, 0.1) is 29.4 Å². The smallest absolute Gasteiger partial charge is 0.341 e. The Hall–Kier alpha value is -3.00. The largest absolute Gasteiger partial charge is 0.462 e. The minimum absolute atomic E-state index is 0.180. The van der Waals surface area contributed by atoms with E-state index in [1.54, 1.807) is 25.1 Å². The van der Waals surface area contributed by atoms with Gasteiger partial charge in [0.1, 0.15) is 11.5 Å². The molecule has 1 amide bonds. The molecule has 2 aromatic heterocycles. The molecule has 8 heteroatoms. The van der Waals surface area contributed by atoms with E-state index < -0.39 is 11.9 Å². The predicted octanol–water partition coefficient (Wildman–Crippen LogP) is 2.89. The summed E-state index contributed by atoms with van der Waals surface area (Å²) in [7, 11) is 0. The van der Waals surface area contributed by atoms with Crippen LogP contribution in [0.1, 0.15) is 27.7 Å². The third-order valence-electron chi connectivity index (χ3n) is 4.17. The van der Waals surface area contributed by atoms with Gasteiger partial charge in [0.2, 0.25) is 5.91 Å². The quantitative estimate of drug-likeness (QED) is 0.682. The SMILES string of the molecule is CCOC(=O)c1c(NC(=O)Cn2c(=O)cnc3ccccc32)sc(C)c1C. The van der Waals surface area contributed by atoms with Crippen LogP contribution >= 0.6 is 11.3 Å². The number of ether oxygens (including phenoxy) is 1. The zero-order chi connectivity index (χ0) is 19.6. The topological polar surface area (TPSA) is 90.3 Å². The zero-order valence-electron chi connectivity index (χ0n) is 15.2. The maximum Gasteiger partial charge on any atom is 0.341 e. The number of esters is 1. The highest BCUT2D eigenvalue weighted by atomic mass is 32.1. The third-order valence-corrected chi connectivity index (χ3v) is 5.29. The number of anilines is 1. The molecule has 0 bridgehead atoms. The summed E-state index contributed by atoms with van der Waals surface area (Å²) in [6.45, 7) is 5.48. The second-order valence-corrected chi connectivity index (χ2v) is 7.15. The van der Waals surface area contributed by atoms with E-state index in [1.807, 2.05) is 19.9 Å². The summed E-state index contributed by atoms with van der Waals surface area (Å²) in [6, 6.07) is 7.10. The van der Waals surface area contributed by atoms with Crippen molar-refractivity contribution in [1.29, 1.82) is 0 Å². The van der Waals surface area contributed by atoms with Crippen LogP contribution in [0.15, 0.2) is 35.3 Å². The van der Waals surface area contributed by atoms with Crippen LogP contribution in [0, 0.1) is 13.8 Å². The fourth-order valence-corrected chi connectivity index (χ4v) is 3.82. The number of carbonyl (C=O) groups is 2. The number of fused-ring (bicyclic) bond motifs is 1. The molecule has 0 radical (unpaired) electrons. The van der Waals surface area contributed by atoms with E-state index in [4.69, 9.17) is 4.74 Å². The van der Waals surface area contributed by atoms with E-state index in [9.17, 15) is 14.4 Å². The molecular formula is C19H19N3O4S. The average Bonchev–Trinajstić information content (AvgIpc) is 2.91. The van der Waals surface area contributed by atoms with E-state index in [0.717, 1.165) is 10.4 Å². The van der Waals surface area contributed by atoms with Crippen molar-refractivity contribution in [1.82, 2.24) is 9.55 Å². The molecule has 0 aliphatic rings. The predicted molar refractivity (Wildman–Crippen MR) is 104 cm³/mol. The lowest BCUT2D eigenvalue weighted by molar-refractivity contribution is -0.116. The number of aromatic nitrogens is 2. The normalized spacial score (nSPS) is 10.8. The second-order valence-electron chi connectivity index (χ2n) is 5.93. The number of aryl methyl sites for hydroxylation is 1. The van der Waals surface area contributed by atoms with Gasteiger partial charge in [-0.15, -0.1) is 11.3 Å². The van der Waals surface area contributed by atoms with Gasteiger partial charge in [-0.05, 0) is 38.5 Å². The van der Waals surface area contributed by atoms with Crippen molar-refractivity contribution < 1.29 is 14.3 Å². The molecule has 1 aromatic carbocycles. The molecule has 0 atom stereocenters. The Morgan fingerprint density at radius 1 is 1.26 bits per heavy atom. The van der Waals surface area contributed by atoms with Crippen LogP contribution in [0.2, 0.25) is 0 Å². The number of para-hydroxylation sites is 2. The van der Waals surface area contributed by atoms with Gasteiger partial charge >= 0.3 is 5.97 Å². The lowest BCUT2D eigenvalue weighted by Gasteiger charge is -2.10. The number of nitrogens with zero attached hydrogens (tertiary/aromatic N) is 2. The van der Waals surface area contributed by atoms with Gasteiger partial charge in [-0.2, -0.15) is 0 Å². The van der Waals surface area contributed by atoms with Crippen molar-refractivity contribution in [3.05, 3.63) is 56.8 Å². The molecule has 1 N–H and O–H groups in total. The fraction of sp³-hybridized carbons (Fsp3) is 0.263. The van der Waals surface area contributed by atoms with Crippen molar-refractivity contribution in [3.8, 4) is 0 Å². The number of nitrogens with one attached hydrogen (secondary N) is 1. The Morgan fingerprint density at radius 3 is 2.74 bits per heavy atom. The average molecular weight is 385 g/mol. The highest BCUT2D eigenvalue weighted by Crippen LogP contribution is 2.33. The lowest BCUT2D eigenvalue weighted by atomic mass is 10.1. The Kier molecular flexibility index (Phi) is 5.36. The number of hydrogen-bond donors (Lipinski definition) is 1. The molecular weight excluding hydrogens is 366 g/mol. The Balaban J connectivity index is 1.90. The van der Waals surface area contributed by atoms with Gasteiger partial charge in [-0.3, -0.25) is 14.2 Å². The summed E-state index contributed by atoms with van der Waals surface area (Å²) >= 11 is 1.31. The number of hydrogen-bond acceptors (Lipinski definition) is 6. The molecule has 0 saturated heterocycles. The van der Waals surface area contributed by atoms with Gasteiger partial charge in [-0.25, -0.2) is 9.78 Å². The van der Waals surface area contributed by atoms with Crippen molar-refractivity contribution in [2.45, 2.75) is 27.3 Å². The van der Waals surface area contributed by atoms with Crippen LogP contribution < -0.4 is 10.9 Å². The van der Waals surface area contributed by atoms with E-state index in [0.29, 0.717) is 21.6 Å². The minimum Gasteiger partial charge on any atom is -0.462 e. The molecule has 0 spiro atoms. The molecule has 0 unspecified atom stereocenters. The number of thiophene rings is 1. The molecule has 0 aliphatic carbocycles. The number of benzene rings is 1. The summed E-state index contributed by atoms with van der Waals surface area (Å²) in [6.07, 6.45) is 1.19. The van der Waals surface area contributed by atoms with Crippen LogP contribution in [0.3, 0.4) is 0 Å². The van der Waals surface area contributed by atoms with Gasteiger partial charge in [0.15, 0.2) is 0 Å². The molecule has 0 aliphatic heterocycles. The van der Waals surface area contributed by atoms with E-state index in [1.165, 1.54) is 22.1 Å². The first kappa shape index (κ1) is 18.8. The first-order chi connectivity index (χ1) is 12.9. The minimum atomic E-state index is -0.471. The second kappa shape index (κ2) is 7.71. The van der Waals surface area contributed by atoms with E-state index >= 15 is 0 Å². The maximum absolute atomic E-state index is 12.6. The highest BCUT2D eigenvalue weighted by molar-refractivity contribution is 7.16. The lowest BCUT2D eigenvalue weighted by Crippen LogP contribution is -2.28. The molecule has 7 nitrogen and oxygen atoms in total. The molecule has 0 fully saturated rings. The van der Waals surface area contributed by atoms with Crippen LogP contribution in [0.25, 0.3) is 11.0 Å². The first-order valence-electron chi connectivity index (χ1n) is 8.44. The van der Waals surface area contributed by atoms with Crippen molar-refractivity contribution in [2.24, 2.45) is 0 Å². The molecule has 27 heavy (non-hydrogen) atoms. The van der Waals surface area contributed by atoms with Crippen LogP contribution in [-0.2, 0) is 16.1 Å². The van der Waals surface area contributed by atoms with Crippen LogP contribution in [-0.4, -0.2) is 28.0 Å². The Labute approximate surface area is 159 Å². The molecule has 3 rings (SSSR count). The van der Waals surface area contributed by atoms with Crippen molar-refractivity contribution in [2.75, 3.05) is 11.9 Å². The van der Waals surface area contributed by atoms with Gasteiger partial charge in [0.25, 0.3) is 5.56 Å². The first-order valence-corrected chi connectivity index (χ1v) is 9.25. The van der Waals surface area contributed by atoms with Crippen LogP contribution in [0.5, 0.6) is 0 Å². The summed E-state index contributed by atoms with van der Waals surface area (Å²) in [4.78, 5) is 42.0. The molecule has 2 heterocycles. The molecule has 140 valence electrons. The third kappa shape index (κ3) is 3.75. The van der Waals surface area contributed by atoms with E-state index in [-0.39, 0.29) is 18.7 Å². The maximum atomic E-state index is 12.6. The van der Waals surface area contributed by atoms with Crippen molar-refractivity contribution in [3.63, 3.8) is 0 Å². The van der Waals surface area contributed by atoms with Crippen LogP contribution in [0.4, 0.5) is 5.00 Å². The van der Waals surface area contributed by atoms with Crippen molar-refractivity contribution >= 4 is 39.2 Å². The van der Waals surface area contributed by atoms with Gasteiger partial charge < -0.3 is 10.1 Å². The molecule has 0 saturated carbocycles. The number of rotatable bonds is 5. The van der Waals surface area contributed by atoms with Gasteiger partial charge in [0, 0.05) is 4.88 Å². The number of amides is 1. The van der Waals surface area contributed by atoms with Gasteiger partial charge in [-0.1, -0.05) is 12.1 Å². The summed E-state index contributed by atoms with van der Waals surface area (Å²) < 4.78 is 6.45. The Bertz CT molecular complexity index is 1080. The zero-order valence-corrected chi connectivity index (χ0v) is 16.1.